The molecule has 1 amide bonds. The van der Waals surface area contributed by atoms with Gasteiger partial charge in [0.2, 0.25) is 5.91 Å². The lowest BCUT2D eigenvalue weighted by Crippen LogP contribution is -2.39. The Kier molecular flexibility index (Phi) is 5.26. The predicted molar refractivity (Wildman–Crippen MR) is 82.4 cm³/mol. The van der Waals surface area contributed by atoms with Crippen LogP contribution in [0.5, 0.6) is 0 Å². The van der Waals surface area contributed by atoms with E-state index in [-0.39, 0.29) is 11.8 Å². The van der Waals surface area contributed by atoms with E-state index < -0.39 is 5.97 Å². The summed E-state index contributed by atoms with van der Waals surface area (Å²) in [7, 11) is 0. The van der Waals surface area contributed by atoms with Crippen LogP contribution in [0.3, 0.4) is 0 Å². The first-order valence-corrected chi connectivity index (χ1v) is 7.37. The van der Waals surface area contributed by atoms with Gasteiger partial charge in [0.1, 0.15) is 0 Å². The molecular weight excluding hydrogens is 313 g/mol. The fraction of sp³-hybridized carbons (Fsp3) is 0.333. The molecule has 0 radical (unpaired) electrons. The van der Waals surface area contributed by atoms with Gasteiger partial charge in [-0.1, -0.05) is 23.2 Å². The van der Waals surface area contributed by atoms with Gasteiger partial charge in [-0.15, -0.1) is 0 Å². The summed E-state index contributed by atoms with van der Waals surface area (Å²) >= 11 is 11.8. The second kappa shape index (κ2) is 6.96. The van der Waals surface area contributed by atoms with E-state index in [1.54, 1.807) is 29.2 Å². The molecule has 0 spiro atoms. The van der Waals surface area contributed by atoms with Crippen molar-refractivity contribution in [1.82, 2.24) is 4.90 Å². The summed E-state index contributed by atoms with van der Waals surface area (Å²) in [4.78, 5) is 24.6. The maximum absolute atomic E-state index is 12.0. The lowest BCUT2D eigenvalue weighted by atomic mass is 9.97. The second-order valence-electron chi connectivity index (χ2n) is 4.97. The molecule has 1 aromatic rings. The second-order valence-corrected chi connectivity index (χ2v) is 5.85. The molecule has 0 atom stereocenters. The van der Waals surface area contributed by atoms with Gasteiger partial charge in [-0.25, -0.2) is 0 Å². The first kappa shape index (κ1) is 15.9. The normalized spacial score (nSPS) is 16.4. The van der Waals surface area contributed by atoms with Crippen LogP contribution in [0.2, 0.25) is 10.0 Å². The summed E-state index contributed by atoms with van der Waals surface area (Å²) in [5.41, 5.74) is 0.751. The lowest BCUT2D eigenvalue weighted by molar-refractivity contribution is -0.144. The number of hydrogen-bond acceptors (Lipinski definition) is 2. The maximum atomic E-state index is 12.0. The SMILES string of the molecule is O=C(O)C1CCN(C(=O)/C=C/c2cc(Cl)cc(Cl)c2)CC1. The Labute approximate surface area is 133 Å². The van der Waals surface area contributed by atoms with E-state index in [4.69, 9.17) is 28.3 Å². The first-order valence-electron chi connectivity index (χ1n) is 6.61. The minimum Gasteiger partial charge on any atom is -0.481 e. The fourth-order valence-electron chi connectivity index (χ4n) is 2.29. The zero-order valence-corrected chi connectivity index (χ0v) is 12.8. The fourth-order valence-corrected chi connectivity index (χ4v) is 2.83. The lowest BCUT2D eigenvalue weighted by Gasteiger charge is -2.29. The Morgan fingerprint density at radius 1 is 1.14 bits per heavy atom. The van der Waals surface area contributed by atoms with Crippen LogP contribution in [0.1, 0.15) is 18.4 Å². The Morgan fingerprint density at radius 2 is 1.71 bits per heavy atom. The number of amides is 1. The molecule has 1 aromatic carbocycles. The van der Waals surface area contributed by atoms with Crippen molar-refractivity contribution >= 4 is 41.2 Å². The number of carbonyl (C=O) groups is 2. The molecule has 4 nitrogen and oxygen atoms in total. The summed E-state index contributed by atoms with van der Waals surface area (Å²) < 4.78 is 0. The molecule has 1 heterocycles. The van der Waals surface area contributed by atoms with E-state index in [9.17, 15) is 9.59 Å². The molecule has 21 heavy (non-hydrogen) atoms. The summed E-state index contributed by atoms with van der Waals surface area (Å²) in [6, 6.07) is 5.06. The number of piperidine rings is 1. The Morgan fingerprint density at radius 3 is 2.24 bits per heavy atom. The molecule has 6 heteroatoms. The van der Waals surface area contributed by atoms with Crippen LogP contribution in [0.15, 0.2) is 24.3 Å². The Hall–Kier alpha value is -1.52. The van der Waals surface area contributed by atoms with Gasteiger partial charge in [-0.05, 0) is 42.7 Å². The van der Waals surface area contributed by atoms with E-state index in [2.05, 4.69) is 0 Å². The number of carbonyl (C=O) groups excluding carboxylic acids is 1. The minimum atomic E-state index is -0.786. The quantitative estimate of drug-likeness (QED) is 0.866. The molecule has 0 aliphatic carbocycles. The topological polar surface area (TPSA) is 57.6 Å². The number of aliphatic carboxylic acids is 1. The maximum Gasteiger partial charge on any atom is 0.306 e. The molecule has 0 aromatic heterocycles. The summed E-state index contributed by atoms with van der Waals surface area (Å²) in [5, 5.41) is 9.95. The summed E-state index contributed by atoms with van der Waals surface area (Å²) in [6.07, 6.45) is 4.11. The molecular formula is C15H15Cl2NO3. The van der Waals surface area contributed by atoms with Gasteiger partial charge in [-0.2, -0.15) is 0 Å². The van der Waals surface area contributed by atoms with Gasteiger partial charge in [0.05, 0.1) is 5.92 Å². The van der Waals surface area contributed by atoms with Gasteiger partial charge in [0.25, 0.3) is 0 Å². The minimum absolute atomic E-state index is 0.130. The first-order chi connectivity index (χ1) is 9.95. The third-order valence-electron chi connectivity index (χ3n) is 3.46. The number of halogens is 2. The van der Waals surface area contributed by atoms with Crippen molar-refractivity contribution in [2.75, 3.05) is 13.1 Å². The average Bonchev–Trinajstić information content (AvgIpc) is 2.44. The molecule has 1 aliphatic rings. The highest BCUT2D eigenvalue weighted by Crippen LogP contribution is 2.21. The monoisotopic (exact) mass is 327 g/mol. The highest BCUT2D eigenvalue weighted by atomic mass is 35.5. The van der Waals surface area contributed by atoms with Gasteiger partial charge in [0.15, 0.2) is 0 Å². The number of likely N-dealkylation sites (tertiary alicyclic amines) is 1. The Bertz CT molecular complexity index is 558. The van der Waals surface area contributed by atoms with Crippen molar-refractivity contribution in [3.63, 3.8) is 0 Å². The van der Waals surface area contributed by atoms with E-state index in [1.807, 2.05) is 0 Å². The largest absolute Gasteiger partial charge is 0.481 e. The number of rotatable bonds is 3. The van der Waals surface area contributed by atoms with E-state index in [0.717, 1.165) is 5.56 Å². The van der Waals surface area contributed by atoms with Crippen LogP contribution in [0, 0.1) is 5.92 Å². The van der Waals surface area contributed by atoms with Crippen molar-refractivity contribution in [1.29, 1.82) is 0 Å². The number of hydrogen-bond donors (Lipinski definition) is 1. The van der Waals surface area contributed by atoms with E-state index in [1.165, 1.54) is 6.08 Å². The van der Waals surface area contributed by atoms with Gasteiger partial charge >= 0.3 is 5.97 Å². The molecule has 1 aliphatic heterocycles. The predicted octanol–water partition coefficient (Wildman–Crippen LogP) is 3.33. The van der Waals surface area contributed by atoms with Crippen LogP contribution < -0.4 is 0 Å². The molecule has 1 N–H and O–H groups in total. The Balaban J connectivity index is 1.95. The van der Waals surface area contributed by atoms with Crippen molar-refractivity contribution in [3.05, 3.63) is 39.9 Å². The molecule has 112 valence electrons. The third kappa shape index (κ3) is 4.48. The van der Waals surface area contributed by atoms with Crippen LogP contribution in [0.25, 0.3) is 6.08 Å². The average molecular weight is 328 g/mol. The molecule has 1 saturated heterocycles. The number of nitrogens with zero attached hydrogens (tertiary/aromatic N) is 1. The van der Waals surface area contributed by atoms with Crippen LogP contribution in [-0.2, 0) is 9.59 Å². The zero-order valence-electron chi connectivity index (χ0n) is 11.3. The third-order valence-corrected chi connectivity index (χ3v) is 3.90. The van der Waals surface area contributed by atoms with Crippen molar-refractivity contribution in [2.45, 2.75) is 12.8 Å². The van der Waals surface area contributed by atoms with Crippen LogP contribution >= 0.6 is 23.2 Å². The number of carboxylic acid groups (broad SMARTS) is 1. The number of benzene rings is 1. The van der Waals surface area contributed by atoms with Gasteiger partial charge < -0.3 is 10.0 Å². The van der Waals surface area contributed by atoms with Gasteiger partial charge in [0, 0.05) is 29.2 Å². The molecule has 0 saturated carbocycles. The molecule has 0 unspecified atom stereocenters. The summed E-state index contributed by atoms with van der Waals surface area (Å²) in [5.74, 6) is -1.26. The zero-order chi connectivity index (χ0) is 15.4. The van der Waals surface area contributed by atoms with Crippen molar-refractivity contribution < 1.29 is 14.7 Å². The standard InChI is InChI=1S/C15H15Cl2NO3/c16-12-7-10(8-13(17)9-12)1-2-14(19)18-5-3-11(4-6-18)15(20)21/h1-2,7-9,11H,3-6H2,(H,20,21)/b2-1+. The number of carboxylic acids is 1. The smallest absolute Gasteiger partial charge is 0.306 e. The molecule has 2 rings (SSSR count). The highest BCUT2D eigenvalue weighted by Gasteiger charge is 2.25. The molecule has 1 fully saturated rings. The van der Waals surface area contributed by atoms with Crippen LogP contribution in [-0.4, -0.2) is 35.0 Å². The summed E-state index contributed by atoms with van der Waals surface area (Å²) in [6.45, 7) is 0.937. The highest BCUT2D eigenvalue weighted by molar-refractivity contribution is 6.34. The van der Waals surface area contributed by atoms with E-state index >= 15 is 0 Å². The molecule has 0 bridgehead atoms. The van der Waals surface area contributed by atoms with Crippen LogP contribution in [0.4, 0.5) is 0 Å². The van der Waals surface area contributed by atoms with Gasteiger partial charge in [-0.3, -0.25) is 9.59 Å². The van der Waals surface area contributed by atoms with E-state index in [0.29, 0.717) is 36.0 Å². The van der Waals surface area contributed by atoms with Crippen molar-refractivity contribution in [2.24, 2.45) is 5.92 Å². The van der Waals surface area contributed by atoms with Crippen molar-refractivity contribution in [3.8, 4) is 0 Å².